The fraction of sp³-hybridized carbons (Fsp3) is 0.500. The van der Waals surface area contributed by atoms with Crippen molar-refractivity contribution < 1.29 is 14.9 Å². The van der Waals surface area contributed by atoms with Crippen LogP contribution in [-0.2, 0) is 0 Å². The van der Waals surface area contributed by atoms with E-state index in [1.807, 2.05) is 7.05 Å². The van der Waals surface area contributed by atoms with Gasteiger partial charge in [-0.3, -0.25) is 10.1 Å². The molecule has 1 aromatic heterocycles. The van der Waals surface area contributed by atoms with E-state index < -0.39 is 4.92 Å². The monoisotopic (exact) mass is 295 g/mol. The minimum atomic E-state index is -0.610. The molecule has 0 aromatic carbocycles. The lowest BCUT2D eigenvalue weighted by molar-refractivity contribution is -0.386. The van der Waals surface area contributed by atoms with E-state index in [9.17, 15) is 10.1 Å². The van der Waals surface area contributed by atoms with Crippen LogP contribution in [0.5, 0.6) is 5.88 Å². The lowest BCUT2D eigenvalue weighted by Crippen LogP contribution is -2.26. The molecule has 9 heteroatoms. The number of nitro groups is 1. The first kappa shape index (κ1) is 15.0. The quantitative estimate of drug-likeness (QED) is 0.247. The highest BCUT2D eigenvalue weighted by Crippen LogP contribution is 2.26. The zero-order chi connectivity index (χ0) is 15.4. The molecule has 114 valence electrons. The summed E-state index contributed by atoms with van der Waals surface area (Å²) in [7, 11) is 1.99. The lowest BCUT2D eigenvalue weighted by Gasteiger charge is -2.15. The van der Waals surface area contributed by atoms with Crippen molar-refractivity contribution >= 4 is 11.5 Å². The second kappa shape index (κ2) is 6.35. The van der Waals surface area contributed by atoms with Gasteiger partial charge in [0.25, 0.3) is 5.88 Å². The largest absolute Gasteiger partial charge is 0.471 e. The first-order valence-electron chi connectivity index (χ1n) is 6.48. The summed E-state index contributed by atoms with van der Waals surface area (Å²) in [6, 6.07) is 1.77. The molecule has 0 atom stereocenters. The number of hydrogen-bond acceptors (Lipinski definition) is 7. The minimum Gasteiger partial charge on any atom is -0.471 e. The normalized spacial score (nSPS) is 15.2. The topological polar surface area (TPSA) is 127 Å². The Balaban J connectivity index is 2.05. The van der Waals surface area contributed by atoms with Gasteiger partial charge in [-0.2, -0.15) is 0 Å². The Labute approximate surface area is 121 Å². The first-order valence-corrected chi connectivity index (χ1v) is 6.48. The molecule has 0 unspecified atom stereocenters. The minimum absolute atomic E-state index is 0.0707. The number of rotatable bonds is 7. The van der Waals surface area contributed by atoms with Gasteiger partial charge >= 0.3 is 5.69 Å². The summed E-state index contributed by atoms with van der Waals surface area (Å²) in [6.07, 6.45) is 3.63. The van der Waals surface area contributed by atoms with Crippen molar-refractivity contribution in [3.63, 3.8) is 0 Å². The van der Waals surface area contributed by atoms with Crippen LogP contribution in [0.15, 0.2) is 17.4 Å². The number of hydrogen-bond donors (Lipinski definition) is 2. The van der Waals surface area contributed by atoms with Crippen LogP contribution in [0.2, 0.25) is 0 Å². The van der Waals surface area contributed by atoms with E-state index in [4.69, 9.17) is 15.7 Å². The summed E-state index contributed by atoms with van der Waals surface area (Å²) in [4.78, 5) is 16.4. The molecule has 0 bridgehead atoms. The number of likely N-dealkylation sites (N-methyl/N-ethyl adjacent to an activating group) is 1. The second-order valence-corrected chi connectivity index (χ2v) is 4.85. The molecule has 2 rings (SSSR count). The van der Waals surface area contributed by atoms with E-state index in [-0.39, 0.29) is 23.0 Å². The molecule has 0 spiro atoms. The summed E-state index contributed by atoms with van der Waals surface area (Å²) in [5.41, 5.74) is 5.23. The molecule has 0 radical (unpaired) electrons. The summed E-state index contributed by atoms with van der Waals surface area (Å²) >= 11 is 0. The SMILES string of the molecule is CN(CCOc1ncc(C(N)=NO)cc1[N+](=O)[O-])C1CC1. The van der Waals surface area contributed by atoms with Crippen LogP contribution in [0.4, 0.5) is 5.69 Å². The second-order valence-electron chi connectivity index (χ2n) is 4.85. The molecule has 1 saturated carbocycles. The van der Waals surface area contributed by atoms with Gasteiger partial charge in [0.2, 0.25) is 0 Å². The number of ether oxygens (including phenoxy) is 1. The predicted molar refractivity (Wildman–Crippen MR) is 74.5 cm³/mol. The molecule has 0 aliphatic heterocycles. The Morgan fingerprint density at radius 2 is 2.43 bits per heavy atom. The van der Waals surface area contributed by atoms with Gasteiger partial charge in [-0.15, -0.1) is 0 Å². The third-order valence-corrected chi connectivity index (χ3v) is 3.29. The number of aromatic nitrogens is 1. The van der Waals surface area contributed by atoms with Gasteiger partial charge in [-0.05, 0) is 19.9 Å². The molecule has 1 fully saturated rings. The molecule has 3 N–H and O–H groups in total. The van der Waals surface area contributed by atoms with Gasteiger partial charge < -0.3 is 20.6 Å². The van der Waals surface area contributed by atoms with Crippen molar-refractivity contribution in [2.45, 2.75) is 18.9 Å². The number of oxime groups is 1. The van der Waals surface area contributed by atoms with Gasteiger partial charge in [0.05, 0.1) is 4.92 Å². The van der Waals surface area contributed by atoms with Crippen molar-refractivity contribution in [1.82, 2.24) is 9.88 Å². The maximum absolute atomic E-state index is 11.0. The maximum atomic E-state index is 11.0. The third-order valence-electron chi connectivity index (χ3n) is 3.29. The summed E-state index contributed by atoms with van der Waals surface area (Å²) in [5.74, 6) is -0.315. The molecule has 9 nitrogen and oxygen atoms in total. The number of nitrogens with zero attached hydrogens (tertiary/aromatic N) is 4. The number of amidine groups is 1. The van der Waals surface area contributed by atoms with Crippen molar-refractivity contribution in [1.29, 1.82) is 0 Å². The fourth-order valence-electron chi connectivity index (χ4n) is 1.86. The van der Waals surface area contributed by atoms with E-state index in [1.165, 1.54) is 25.1 Å². The van der Waals surface area contributed by atoms with E-state index in [0.29, 0.717) is 19.2 Å². The van der Waals surface area contributed by atoms with Crippen LogP contribution >= 0.6 is 0 Å². The summed E-state index contributed by atoms with van der Waals surface area (Å²) in [5, 5.41) is 22.4. The maximum Gasteiger partial charge on any atom is 0.331 e. The van der Waals surface area contributed by atoms with Crippen LogP contribution in [-0.4, -0.2) is 52.1 Å². The van der Waals surface area contributed by atoms with Crippen molar-refractivity contribution in [3.05, 3.63) is 27.9 Å². The highest BCUT2D eigenvalue weighted by atomic mass is 16.6. The van der Waals surface area contributed by atoms with E-state index in [1.54, 1.807) is 0 Å². The highest BCUT2D eigenvalue weighted by Gasteiger charge is 2.26. The number of nitrogens with two attached hydrogens (primary N) is 1. The van der Waals surface area contributed by atoms with Gasteiger partial charge in [-0.1, -0.05) is 5.16 Å². The van der Waals surface area contributed by atoms with Crippen LogP contribution < -0.4 is 10.5 Å². The molecule has 1 aliphatic carbocycles. The van der Waals surface area contributed by atoms with Crippen molar-refractivity contribution in [2.75, 3.05) is 20.2 Å². The molecule has 0 amide bonds. The highest BCUT2D eigenvalue weighted by molar-refractivity contribution is 5.97. The van der Waals surface area contributed by atoms with E-state index >= 15 is 0 Å². The Morgan fingerprint density at radius 1 is 1.71 bits per heavy atom. The first-order chi connectivity index (χ1) is 10.0. The molecule has 1 aliphatic rings. The van der Waals surface area contributed by atoms with Crippen LogP contribution in [0, 0.1) is 10.1 Å². The van der Waals surface area contributed by atoms with E-state index in [0.717, 1.165) is 0 Å². The van der Waals surface area contributed by atoms with Gasteiger partial charge in [0.15, 0.2) is 5.84 Å². The van der Waals surface area contributed by atoms with Crippen molar-refractivity contribution in [2.24, 2.45) is 10.9 Å². The third kappa shape index (κ3) is 3.78. The van der Waals surface area contributed by atoms with Gasteiger partial charge in [0, 0.05) is 30.4 Å². The standard InChI is InChI=1S/C12H17N5O4/c1-16(9-2-3-9)4-5-21-12-10(17(19)20)6-8(7-14-12)11(13)15-18/h6-7,9,18H,2-5H2,1H3,(H2,13,15). The van der Waals surface area contributed by atoms with Gasteiger partial charge in [-0.25, -0.2) is 4.98 Å². The molecule has 1 heterocycles. The van der Waals surface area contributed by atoms with Crippen LogP contribution in [0.1, 0.15) is 18.4 Å². The average Bonchev–Trinajstić information content (AvgIpc) is 3.31. The molecule has 0 saturated heterocycles. The smallest absolute Gasteiger partial charge is 0.331 e. The summed E-state index contributed by atoms with van der Waals surface area (Å²) in [6.45, 7) is 0.981. The Hall–Kier alpha value is -2.42. The summed E-state index contributed by atoms with van der Waals surface area (Å²) < 4.78 is 5.38. The van der Waals surface area contributed by atoms with Crippen molar-refractivity contribution in [3.8, 4) is 5.88 Å². The Kier molecular flexibility index (Phi) is 4.53. The average molecular weight is 295 g/mol. The molecule has 21 heavy (non-hydrogen) atoms. The van der Waals surface area contributed by atoms with Crippen LogP contribution in [0.3, 0.4) is 0 Å². The molecule has 1 aromatic rings. The van der Waals surface area contributed by atoms with Crippen LogP contribution in [0.25, 0.3) is 0 Å². The molecular weight excluding hydrogens is 278 g/mol. The Morgan fingerprint density at radius 3 is 3.00 bits per heavy atom. The zero-order valence-electron chi connectivity index (χ0n) is 11.6. The van der Waals surface area contributed by atoms with E-state index in [2.05, 4.69) is 15.0 Å². The Bertz CT molecular complexity index is 559. The number of pyridine rings is 1. The zero-order valence-corrected chi connectivity index (χ0v) is 11.6. The molecular formula is C12H17N5O4. The van der Waals surface area contributed by atoms with Gasteiger partial charge in [0.1, 0.15) is 6.61 Å². The predicted octanol–water partition coefficient (Wildman–Crippen LogP) is 0.557. The fourth-order valence-corrected chi connectivity index (χ4v) is 1.86. The lowest BCUT2D eigenvalue weighted by atomic mass is 10.2.